The molecule has 2 aromatic heterocycles. The lowest BCUT2D eigenvalue weighted by Gasteiger charge is -2.01. The summed E-state index contributed by atoms with van der Waals surface area (Å²) in [5.74, 6) is -0.506. The number of benzene rings is 1. The second kappa shape index (κ2) is 9.01. The monoisotopic (exact) mass is 367 g/mol. The van der Waals surface area contributed by atoms with Crippen molar-refractivity contribution in [3.05, 3.63) is 76.6 Å². The lowest BCUT2D eigenvalue weighted by Crippen LogP contribution is -2.22. The Labute approximate surface area is 155 Å². The average molecular weight is 367 g/mol. The molecule has 3 aromatic rings. The number of carbonyl (C=O) groups excluding carboxylic acids is 1. The van der Waals surface area contributed by atoms with E-state index in [0.29, 0.717) is 12.1 Å². The molecule has 0 fully saturated rings. The van der Waals surface area contributed by atoms with Crippen LogP contribution < -0.4 is 5.32 Å². The first kappa shape index (κ1) is 17.9. The number of aromatic nitrogens is 2. The minimum Gasteiger partial charge on any atom is -0.353 e. The molecular weight excluding hydrogens is 349 g/mol. The summed E-state index contributed by atoms with van der Waals surface area (Å²) in [7, 11) is 0. The summed E-state index contributed by atoms with van der Waals surface area (Å²) in [4.78, 5) is 20.4. The van der Waals surface area contributed by atoms with Gasteiger partial charge in [-0.25, -0.2) is 9.37 Å². The fourth-order valence-electron chi connectivity index (χ4n) is 2.37. The molecule has 0 radical (unpaired) electrons. The number of carbonyl (C=O) groups is 1. The average Bonchev–Trinajstić information content (AvgIpc) is 3.13. The predicted molar refractivity (Wildman–Crippen MR) is 102 cm³/mol. The lowest BCUT2D eigenvalue weighted by atomic mass is 10.2. The summed E-state index contributed by atoms with van der Waals surface area (Å²) in [6, 6.07) is 9.98. The van der Waals surface area contributed by atoms with Crippen LogP contribution in [0.3, 0.4) is 0 Å². The van der Waals surface area contributed by atoms with Crippen molar-refractivity contribution < 1.29 is 9.18 Å². The van der Waals surface area contributed by atoms with Gasteiger partial charge in [0.25, 0.3) is 0 Å². The Morgan fingerprint density at radius 3 is 2.88 bits per heavy atom. The van der Waals surface area contributed by atoms with E-state index in [-0.39, 0.29) is 11.7 Å². The maximum absolute atomic E-state index is 13.1. The van der Waals surface area contributed by atoms with Crippen LogP contribution in [0.4, 0.5) is 4.39 Å². The minimum absolute atomic E-state index is 0.189. The molecule has 0 aliphatic rings. The maximum Gasteiger partial charge on any atom is 0.243 e. The number of thiazole rings is 1. The Kier molecular flexibility index (Phi) is 6.22. The highest BCUT2D eigenvalue weighted by molar-refractivity contribution is 7.09. The van der Waals surface area contributed by atoms with Crippen LogP contribution >= 0.6 is 11.3 Å². The van der Waals surface area contributed by atoms with Crippen LogP contribution in [-0.4, -0.2) is 22.4 Å². The standard InChI is InChI=1S/C20H18FN3OS/c21-17-4-1-3-15(13-17)6-7-19(25)23-10-2-5-20-24-18(14-26-20)16-8-11-22-12-9-16/h1,3-4,6-9,11-14H,2,5,10H2,(H,23,25)/b7-6+. The van der Waals surface area contributed by atoms with Gasteiger partial charge in [0.15, 0.2) is 0 Å². The zero-order chi connectivity index (χ0) is 18.2. The molecule has 1 amide bonds. The lowest BCUT2D eigenvalue weighted by molar-refractivity contribution is -0.116. The number of nitrogens with zero attached hydrogens (tertiary/aromatic N) is 2. The van der Waals surface area contributed by atoms with E-state index in [2.05, 4.69) is 15.3 Å². The Hall–Kier alpha value is -2.86. The molecule has 0 spiro atoms. The summed E-state index contributed by atoms with van der Waals surface area (Å²) >= 11 is 1.62. The van der Waals surface area contributed by atoms with Crippen molar-refractivity contribution in [3.63, 3.8) is 0 Å². The number of amides is 1. The number of hydrogen-bond acceptors (Lipinski definition) is 4. The molecule has 0 saturated heterocycles. The molecule has 132 valence electrons. The van der Waals surface area contributed by atoms with Crippen molar-refractivity contribution in [3.8, 4) is 11.3 Å². The number of halogens is 1. The summed E-state index contributed by atoms with van der Waals surface area (Å²) in [5, 5.41) is 5.90. The van der Waals surface area contributed by atoms with Crippen LogP contribution in [0.1, 0.15) is 17.0 Å². The van der Waals surface area contributed by atoms with Crippen LogP contribution in [0.5, 0.6) is 0 Å². The summed E-state index contributed by atoms with van der Waals surface area (Å²) in [5.41, 5.74) is 2.67. The summed E-state index contributed by atoms with van der Waals surface area (Å²) in [6.45, 7) is 0.566. The van der Waals surface area contributed by atoms with Gasteiger partial charge >= 0.3 is 0 Å². The molecule has 0 aliphatic heterocycles. The third-order valence-electron chi connectivity index (χ3n) is 3.67. The molecule has 1 aromatic carbocycles. The summed E-state index contributed by atoms with van der Waals surface area (Å²) in [6.07, 6.45) is 8.13. The zero-order valence-electron chi connectivity index (χ0n) is 14.1. The molecular formula is C20H18FN3OS. The molecule has 0 atom stereocenters. The molecule has 0 aliphatic carbocycles. The third kappa shape index (κ3) is 5.32. The molecule has 1 N–H and O–H groups in total. The minimum atomic E-state index is -0.317. The molecule has 26 heavy (non-hydrogen) atoms. The first-order valence-corrected chi connectivity index (χ1v) is 9.15. The van der Waals surface area contributed by atoms with Gasteiger partial charge in [-0.2, -0.15) is 0 Å². The van der Waals surface area contributed by atoms with Gasteiger partial charge in [-0.1, -0.05) is 12.1 Å². The topological polar surface area (TPSA) is 54.9 Å². The van der Waals surface area contributed by atoms with Crippen molar-refractivity contribution in [2.45, 2.75) is 12.8 Å². The third-order valence-corrected chi connectivity index (χ3v) is 4.58. The second-order valence-electron chi connectivity index (χ2n) is 5.65. The number of pyridine rings is 1. The second-order valence-corrected chi connectivity index (χ2v) is 6.59. The van der Waals surface area contributed by atoms with Crippen molar-refractivity contribution in [1.29, 1.82) is 0 Å². The molecule has 0 unspecified atom stereocenters. The normalized spacial score (nSPS) is 11.0. The molecule has 0 saturated carbocycles. The largest absolute Gasteiger partial charge is 0.353 e. The van der Waals surface area contributed by atoms with Crippen LogP contribution in [0.2, 0.25) is 0 Å². The first-order valence-electron chi connectivity index (χ1n) is 8.27. The van der Waals surface area contributed by atoms with E-state index in [1.165, 1.54) is 18.2 Å². The van der Waals surface area contributed by atoms with Crippen LogP contribution in [-0.2, 0) is 11.2 Å². The first-order chi connectivity index (χ1) is 12.7. The van der Waals surface area contributed by atoms with E-state index in [4.69, 9.17) is 0 Å². The molecule has 3 rings (SSSR count). The van der Waals surface area contributed by atoms with Gasteiger partial charge < -0.3 is 5.32 Å². The van der Waals surface area contributed by atoms with Gasteiger partial charge in [-0.3, -0.25) is 9.78 Å². The Morgan fingerprint density at radius 1 is 1.23 bits per heavy atom. The highest BCUT2D eigenvalue weighted by Crippen LogP contribution is 2.21. The van der Waals surface area contributed by atoms with E-state index in [9.17, 15) is 9.18 Å². The van der Waals surface area contributed by atoms with Gasteiger partial charge in [-0.15, -0.1) is 11.3 Å². The maximum atomic E-state index is 13.1. The molecule has 4 nitrogen and oxygen atoms in total. The number of hydrogen-bond donors (Lipinski definition) is 1. The van der Waals surface area contributed by atoms with Crippen molar-refractivity contribution in [2.75, 3.05) is 6.54 Å². The summed E-state index contributed by atoms with van der Waals surface area (Å²) < 4.78 is 13.1. The SMILES string of the molecule is O=C(/C=C/c1cccc(F)c1)NCCCc1nc(-c2ccncc2)cs1. The predicted octanol–water partition coefficient (Wildman–Crippen LogP) is 4.11. The number of nitrogens with one attached hydrogen (secondary N) is 1. The van der Waals surface area contributed by atoms with Gasteiger partial charge in [0.05, 0.1) is 10.7 Å². The van der Waals surface area contributed by atoms with E-state index < -0.39 is 0 Å². The van der Waals surface area contributed by atoms with E-state index in [1.807, 2.05) is 17.5 Å². The van der Waals surface area contributed by atoms with E-state index in [1.54, 1.807) is 41.9 Å². The van der Waals surface area contributed by atoms with Crippen molar-refractivity contribution >= 4 is 23.3 Å². The van der Waals surface area contributed by atoms with Gasteiger partial charge in [0.1, 0.15) is 5.82 Å². The zero-order valence-corrected chi connectivity index (χ0v) is 14.9. The van der Waals surface area contributed by atoms with Gasteiger partial charge in [0, 0.05) is 42.4 Å². The van der Waals surface area contributed by atoms with Gasteiger partial charge in [-0.05, 0) is 42.3 Å². The molecule has 6 heteroatoms. The highest BCUT2D eigenvalue weighted by Gasteiger charge is 2.04. The van der Waals surface area contributed by atoms with E-state index >= 15 is 0 Å². The number of rotatable bonds is 7. The molecule has 0 bridgehead atoms. The Balaban J connectivity index is 1.41. The molecule has 2 heterocycles. The van der Waals surface area contributed by atoms with Crippen molar-refractivity contribution in [1.82, 2.24) is 15.3 Å². The number of aryl methyl sites for hydroxylation is 1. The quantitative estimate of drug-likeness (QED) is 0.505. The van der Waals surface area contributed by atoms with E-state index in [0.717, 1.165) is 29.1 Å². The van der Waals surface area contributed by atoms with Crippen LogP contribution in [0, 0.1) is 5.82 Å². The van der Waals surface area contributed by atoms with Crippen molar-refractivity contribution in [2.24, 2.45) is 0 Å². The Morgan fingerprint density at radius 2 is 2.08 bits per heavy atom. The van der Waals surface area contributed by atoms with Crippen LogP contribution in [0.15, 0.2) is 60.2 Å². The fraction of sp³-hybridized carbons (Fsp3) is 0.150. The smallest absolute Gasteiger partial charge is 0.243 e. The highest BCUT2D eigenvalue weighted by atomic mass is 32.1. The Bertz CT molecular complexity index is 893. The van der Waals surface area contributed by atoms with Crippen LogP contribution in [0.25, 0.3) is 17.3 Å². The van der Waals surface area contributed by atoms with Gasteiger partial charge in [0.2, 0.25) is 5.91 Å². The fourth-order valence-corrected chi connectivity index (χ4v) is 3.22.